The van der Waals surface area contributed by atoms with Gasteiger partial charge in [-0.2, -0.15) is 4.99 Å². The molecule has 138 valence electrons. The van der Waals surface area contributed by atoms with Crippen LogP contribution in [-0.4, -0.2) is 34.3 Å². The zero-order valence-electron chi connectivity index (χ0n) is 15.3. The molecule has 0 atom stereocenters. The van der Waals surface area contributed by atoms with E-state index in [1.165, 1.54) is 18.2 Å². The van der Waals surface area contributed by atoms with E-state index in [0.29, 0.717) is 5.69 Å². The summed E-state index contributed by atoms with van der Waals surface area (Å²) >= 11 is 0. The fourth-order valence-electron chi connectivity index (χ4n) is 1.68. The van der Waals surface area contributed by atoms with Crippen molar-refractivity contribution in [1.29, 1.82) is 0 Å². The third kappa shape index (κ3) is 7.56. The van der Waals surface area contributed by atoms with E-state index in [1.807, 2.05) is 0 Å². The van der Waals surface area contributed by atoms with E-state index in [1.54, 1.807) is 41.5 Å². The number of nitrogen functional groups attached to an aromatic ring is 1. The molecular weight excluding hydrogens is 326 g/mol. The molecule has 0 radical (unpaired) electrons. The molecule has 0 aliphatic carbocycles. The molecular formula is C17H25N3O5. The number of nitrogens with zero attached hydrogens (tertiary/aromatic N) is 1. The molecule has 0 aromatic heterocycles. The van der Waals surface area contributed by atoms with Gasteiger partial charge in [0.15, 0.2) is 5.84 Å². The summed E-state index contributed by atoms with van der Waals surface area (Å²) in [4.78, 5) is 27.7. The van der Waals surface area contributed by atoms with Crippen molar-refractivity contribution in [1.82, 2.24) is 5.32 Å². The Kier molecular flexibility index (Phi) is 6.01. The normalized spacial score (nSPS) is 12.5. The molecule has 2 amide bonds. The standard InChI is InChI=1S/C17H25N3O5/c1-16(2,3)24-14(22)19-13(20-15(23)25-17(4,5)6)11-8-7-10(18)9-12(11)21/h7-9,21H,18H2,1-6H3,(H,19,20,22,23). The molecule has 0 saturated carbocycles. The first-order valence-corrected chi connectivity index (χ1v) is 7.67. The number of nitrogens with one attached hydrogen (secondary N) is 1. The Hall–Kier alpha value is -2.77. The Morgan fingerprint density at radius 3 is 2.12 bits per heavy atom. The van der Waals surface area contributed by atoms with Crippen LogP contribution >= 0.6 is 0 Å². The number of phenolic OH excluding ortho intramolecular Hbond substituents is 1. The van der Waals surface area contributed by atoms with Crippen LogP contribution in [0.15, 0.2) is 23.2 Å². The largest absolute Gasteiger partial charge is 0.507 e. The van der Waals surface area contributed by atoms with Crippen LogP contribution in [0.5, 0.6) is 5.75 Å². The second-order valence-corrected chi connectivity index (χ2v) is 7.34. The van der Waals surface area contributed by atoms with Crippen LogP contribution < -0.4 is 11.1 Å². The minimum Gasteiger partial charge on any atom is -0.507 e. The lowest BCUT2D eigenvalue weighted by atomic mass is 10.1. The number of amidine groups is 1. The molecule has 1 rings (SSSR count). The Bertz CT molecular complexity index is 685. The number of phenols is 1. The van der Waals surface area contributed by atoms with Crippen LogP contribution in [-0.2, 0) is 9.47 Å². The number of carbonyl (C=O) groups is 2. The lowest BCUT2D eigenvalue weighted by Gasteiger charge is -2.21. The Labute approximate surface area is 147 Å². The molecule has 4 N–H and O–H groups in total. The van der Waals surface area contributed by atoms with Gasteiger partial charge in [-0.3, -0.25) is 5.32 Å². The van der Waals surface area contributed by atoms with Crippen molar-refractivity contribution in [2.45, 2.75) is 52.7 Å². The van der Waals surface area contributed by atoms with Crippen LogP contribution in [0, 0.1) is 0 Å². The quantitative estimate of drug-likeness (QED) is 0.405. The molecule has 1 aromatic carbocycles. The molecule has 0 aliphatic heterocycles. The van der Waals surface area contributed by atoms with Gasteiger partial charge in [0.25, 0.3) is 0 Å². The summed E-state index contributed by atoms with van der Waals surface area (Å²) in [5, 5.41) is 12.4. The molecule has 0 aliphatic rings. The van der Waals surface area contributed by atoms with Gasteiger partial charge < -0.3 is 20.3 Å². The van der Waals surface area contributed by atoms with Crippen LogP contribution in [0.1, 0.15) is 47.1 Å². The topological polar surface area (TPSA) is 123 Å². The van der Waals surface area contributed by atoms with Crippen molar-refractivity contribution < 1.29 is 24.2 Å². The molecule has 25 heavy (non-hydrogen) atoms. The van der Waals surface area contributed by atoms with E-state index in [-0.39, 0.29) is 17.1 Å². The SMILES string of the molecule is CC(C)(C)OC(=O)N=C(NC(=O)OC(C)(C)C)c1ccc(N)cc1O. The van der Waals surface area contributed by atoms with Crippen molar-refractivity contribution >= 4 is 23.7 Å². The van der Waals surface area contributed by atoms with Gasteiger partial charge in [0, 0.05) is 11.8 Å². The van der Waals surface area contributed by atoms with Crippen molar-refractivity contribution in [2.75, 3.05) is 5.73 Å². The number of ether oxygens (including phenoxy) is 2. The number of hydrogen-bond acceptors (Lipinski definition) is 6. The maximum Gasteiger partial charge on any atom is 0.436 e. The zero-order valence-corrected chi connectivity index (χ0v) is 15.3. The summed E-state index contributed by atoms with van der Waals surface area (Å²) in [6, 6.07) is 4.19. The van der Waals surface area contributed by atoms with Gasteiger partial charge in [-0.15, -0.1) is 0 Å². The minimum atomic E-state index is -0.921. The maximum atomic E-state index is 12.0. The van der Waals surface area contributed by atoms with Crippen LogP contribution in [0.3, 0.4) is 0 Å². The molecule has 0 fully saturated rings. The summed E-state index contributed by atoms with van der Waals surface area (Å²) < 4.78 is 10.3. The van der Waals surface area contributed by atoms with Gasteiger partial charge in [-0.05, 0) is 53.7 Å². The number of carbonyl (C=O) groups excluding carboxylic acids is 2. The van der Waals surface area contributed by atoms with Gasteiger partial charge in [-0.1, -0.05) is 0 Å². The third-order valence-electron chi connectivity index (χ3n) is 2.49. The van der Waals surface area contributed by atoms with Crippen LogP contribution in [0.4, 0.5) is 15.3 Å². The summed E-state index contributed by atoms with van der Waals surface area (Å²) in [5.41, 5.74) is 4.50. The summed E-state index contributed by atoms with van der Waals surface area (Å²) in [5.74, 6) is -0.459. The Balaban J connectivity index is 3.18. The molecule has 0 unspecified atom stereocenters. The third-order valence-corrected chi connectivity index (χ3v) is 2.49. The lowest BCUT2D eigenvalue weighted by Crippen LogP contribution is -2.37. The first-order valence-electron chi connectivity index (χ1n) is 7.67. The van der Waals surface area contributed by atoms with E-state index in [2.05, 4.69) is 10.3 Å². The number of rotatable bonds is 1. The highest BCUT2D eigenvalue weighted by molar-refractivity contribution is 6.11. The monoisotopic (exact) mass is 351 g/mol. The van der Waals surface area contributed by atoms with Gasteiger partial charge in [0.2, 0.25) is 0 Å². The number of nitrogens with two attached hydrogens (primary N) is 1. The second-order valence-electron chi connectivity index (χ2n) is 7.34. The van der Waals surface area contributed by atoms with E-state index < -0.39 is 23.4 Å². The number of aromatic hydroxyl groups is 1. The zero-order chi connectivity index (χ0) is 19.4. The fourth-order valence-corrected chi connectivity index (χ4v) is 1.68. The number of hydrogen-bond donors (Lipinski definition) is 3. The fraction of sp³-hybridized carbons (Fsp3) is 0.471. The smallest absolute Gasteiger partial charge is 0.436 e. The summed E-state index contributed by atoms with van der Waals surface area (Å²) in [6.45, 7) is 10.1. The van der Waals surface area contributed by atoms with Crippen molar-refractivity contribution in [3.63, 3.8) is 0 Å². The lowest BCUT2D eigenvalue weighted by molar-refractivity contribution is 0.0563. The summed E-state index contributed by atoms with van der Waals surface area (Å²) in [7, 11) is 0. The van der Waals surface area contributed by atoms with E-state index in [0.717, 1.165) is 0 Å². The first kappa shape index (κ1) is 20.3. The van der Waals surface area contributed by atoms with Crippen molar-refractivity contribution in [3.05, 3.63) is 23.8 Å². The molecule has 1 aromatic rings. The molecule has 0 spiro atoms. The van der Waals surface area contributed by atoms with E-state index in [4.69, 9.17) is 15.2 Å². The summed E-state index contributed by atoms with van der Waals surface area (Å²) in [6.07, 6.45) is -1.75. The minimum absolute atomic E-state index is 0.103. The number of alkyl carbamates (subject to hydrolysis) is 1. The maximum absolute atomic E-state index is 12.0. The second kappa shape index (κ2) is 7.42. The predicted octanol–water partition coefficient (Wildman–Crippen LogP) is 3.18. The van der Waals surface area contributed by atoms with Crippen LogP contribution in [0.25, 0.3) is 0 Å². The van der Waals surface area contributed by atoms with Crippen LogP contribution in [0.2, 0.25) is 0 Å². The molecule has 8 nitrogen and oxygen atoms in total. The molecule has 8 heteroatoms. The highest BCUT2D eigenvalue weighted by atomic mass is 16.6. The number of benzene rings is 1. The van der Waals surface area contributed by atoms with E-state index >= 15 is 0 Å². The molecule has 0 saturated heterocycles. The average Bonchev–Trinajstić information content (AvgIpc) is 2.32. The number of amides is 2. The predicted molar refractivity (Wildman–Crippen MR) is 94.7 cm³/mol. The highest BCUT2D eigenvalue weighted by Crippen LogP contribution is 2.21. The molecule has 0 heterocycles. The highest BCUT2D eigenvalue weighted by Gasteiger charge is 2.22. The van der Waals surface area contributed by atoms with E-state index in [9.17, 15) is 14.7 Å². The number of anilines is 1. The van der Waals surface area contributed by atoms with Gasteiger partial charge in [-0.25, -0.2) is 9.59 Å². The van der Waals surface area contributed by atoms with Gasteiger partial charge >= 0.3 is 12.2 Å². The Morgan fingerprint density at radius 1 is 1.08 bits per heavy atom. The van der Waals surface area contributed by atoms with Crippen molar-refractivity contribution in [3.8, 4) is 5.75 Å². The van der Waals surface area contributed by atoms with Gasteiger partial charge in [0.05, 0.1) is 5.56 Å². The number of aliphatic imine (C=N–C) groups is 1. The van der Waals surface area contributed by atoms with Gasteiger partial charge in [0.1, 0.15) is 17.0 Å². The molecule has 0 bridgehead atoms. The van der Waals surface area contributed by atoms with Crippen molar-refractivity contribution in [2.24, 2.45) is 4.99 Å². The first-order chi connectivity index (χ1) is 11.3. The Morgan fingerprint density at radius 2 is 1.64 bits per heavy atom. The average molecular weight is 351 g/mol.